The third kappa shape index (κ3) is 7.05. The molecule has 9 rings (SSSR count). The summed E-state index contributed by atoms with van der Waals surface area (Å²) in [6.07, 6.45) is 9.30. The van der Waals surface area contributed by atoms with Crippen LogP contribution < -0.4 is 10.6 Å². The molecule has 2 aromatic heterocycles. The lowest BCUT2D eigenvalue weighted by molar-refractivity contribution is -0.235. The first kappa shape index (κ1) is 47.2. The second-order valence-electron chi connectivity index (χ2n) is 24.6. The molecule has 0 radical (unpaired) electrons. The Hall–Kier alpha value is -4.87. The number of ketones is 1. The van der Waals surface area contributed by atoms with Crippen LogP contribution in [0.3, 0.4) is 0 Å². The standard InChI is InChI=1S/C55H73N5O7/c1-29(2)42-38(61)27-55(60-48(66)51(8,9)59-45(62)31-15-17-36-37(25-31)58-44(57-36)32-14-13-30(3)56-28-32)24-23-53(11)33(43(42)55)16-18-40-52(10)21-20-41(50(6,7)39(52)19-22-54(40,53)12)67-47(65)35-26-34(46(63)64)49(35,4)5/h13-15,17,25,28-29,33-35,39-41H,16,18-24,26-27H2,1-12H3,(H,57,58)(H,59,62)(H,60,66)(H,63,64)/t33-,34+,35?,39+,40-,41+,52+,53-,54-,55-/m1/s1. The van der Waals surface area contributed by atoms with Crippen LogP contribution in [-0.2, 0) is 23.9 Å². The van der Waals surface area contributed by atoms with Gasteiger partial charge in [0.25, 0.3) is 5.91 Å². The lowest BCUT2D eigenvalue weighted by Crippen LogP contribution is -2.68. The number of nitrogens with one attached hydrogen (secondary N) is 3. The van der Waals surface area contributed by atoms with E-state index in [-0.39, 0.29) is 69.6 Å². The van der Waals surface area contributed by atoms with Gasteiger partial charge < -0.3 is 25.5 Å². The smallest absolute Gasteiger partial charge is 0.309 e. The number of carboxylic acid groups (broad SMARTS) is 1. The average Bonchev–Trinajstić information content (AvgIpc) is 3.79. The fourth-order valence-electron chi connectivity index (χ4n) is 15.6. The van der Waals surface area contributed by atoms with Gasteiger partial charge in [-0.15, -0.1) is 0 Å². The maximum atomic E-state index is 14.7. The molecule has 1 unspecified atom stereocenters. The van der Waals surface area contributed by atoms with Gasteiger partial charge in [-0.25, -0.2) is 4.98 Å². The van der Waals surface area contributed by atoms with Gasteiger partial charge in [-0.05, 0) is 165 Å². The Labute approximate surface area is 396 Å². The third-order valence-electron chi connectivity index (χ3n) is 19.8. The molecule has 1 aromatic carbocycles. The summed E-state index contributed by atoms with van der Waals surface area (Å²) in [4.78, 5) is 80.9. The summed E-state index contributed by atoms with van der Waals surface area (Å²) in [6.45, 7) is 25.5. The highest BCUT2D eigenvalue weighted by Crippen LogP contribution is 2.76. The molecular weight excluding hydrogens is 843 g/mol. The number of carbonyl (C=O) groups excluding carboxylic acids is 4. The van der Waals surface area contributed by atoms with Gasteiger partial charge in [-0.2, -0.15) is 0 Å². The number of pyridine rings is 1. The molecule has 12 nitrogen and oxygen atoms in total. The van der Waals surface area contributed by atoms with Crippen LogP contribution >= 0.6 is 0 Å². The van der Waals surface area contributed by atoms with Crippen molar-refractivity contribution in [1.82, 2.24) is 25.6 Å². The zero-order chi connectivity index (χ0) is 48.6. The maximum absolute atomic E-state index is 14.7. The summed E-state index contributed by atoms with van der Waals surface area (Å²) in [5.41, 5.74) is 2.37. The highest BCUT2D eigenvalue weighted by molar-refractivity contribution is 6.04. The number of aromatic amines is 1. The zero-order valence-electron chi connectivity index (χ0n) is 41.9. The van der Waals surface area contributed by atoms with E-state index in [1.54, 1.807) is 38.2 Å². The second-order valence-corrected chi connectivity index (χ2v) is 24.6. The van der Waals surface area contributed by atoms with Crippen LogP contribution in [0.2, 0.25) is 0 Å². The first-order valence-corrected chi connectivity index (χ1v) is 25.0. The molecule has 6 aliphatic rings. The number of hydrogen-bond donors (Lipinski definition) is 4. The Morgan fingerprint density at radius 2 is 1.60 bits per heavy atom. The van der Waals surface area contributed by atoms with Gasteiger partial charge >= 0.3 is 11.9 Å². The highest BCUT2D eigenvalue weighted by Gasteiger charge is 2.71. The summed E-state index contributed by atoms with van der Waals surface area (Å²) in [6, 6.07) is 9.15. The number of aryl methyl sites for hydroxylation is 1. The van der Waals surface area contributed by atoms with Gasteiger partial charge in [0.2, 0.25) is 5.91 Å². The van der Waals surface area contributed by atoms with Crippen molar-refractivity contribution in [2.24, 2.45) is 62.6 Å². The van der Waals surface area contributed by atoms with Crippen molar-refractivity contribution in [2.45, 2.75) is 164 Å². The number of ether oxygens (including phenoxy) is 1. The van der Waals surface area contributed by atoms with Gasteiger partial charge in [0.15, 0.2) is 5.78 Å². The third-order valence-corrected chi connectivity index (χ3v) is 19.8. The van der Waals surface area contributed by atoms with Crippen LogP contribution in [0.25, 0.3) is 22.4 Å². The topological polar surface area (TPSA) is 180 Å². The lowest BCUT2D eigenvalue weighted by Gasteiger charge is -2.72. The number of esters is 1. The molecule has 3 aromatic rings. The molecule has 2 heterocycles. The monoisotopic (exact) mass is 916 g/mol. The minimum atomic E-state index is -1.30. The molecule has 2 amide bonds. The molecule has 0 bridgehead atoms. The molecule has 0 aliphatic heterocycles. The number of carboxylic acids is 1. The largest absolute Gasteiger partial charge is 0.481 e. The number of aliphatic carboxylic acids is 1. The van der Waals surface area contributed by atoms with Crippen LogP contribution in [-0.4, -0.2) is 66.8 Å². The number of nitrogens with zero attached hydrogens (tertiary/aromatic N) is 2. The van der Waals surface area contributed by atoms with E-state index in [0.717, 1.165) is 67.3 Å². The van der Waals surface area contributed by atoms with E-state index in [1.807, 2.05) is 32.9 Å². The van der Waals surface area contributed by atoms with E-state index in [4.69, 9.17) is 9.72 Å². The molecule has 6 aliphatic carbocycles. The van der Waals surface area contributed by atoms with Gasteiger partial charge in [0.1, 0.15) is 17.5 Å². The summed E-state index contributed by atoms with van der Waals surface area (Å²) in [7, 11) is 0. The first-order chi connectivity index (χ1) is 31.2. The number of benzene rings is 1. The number of fused-ring (bicyclic) bond motifs is 8. The SMILES string of the molecule is Cc1ccc(-c2nc3ccc(C(=O)NC(C)(C)C(=O)N[C@@]45CC[C@]6(C)[C@H](CC[C@@H]7[C@@]8(C)CC[C@H](OC(=O)C9C[C@@H](C(=O)O)C9(C)C)C(C)(C)[C@@H]8CC[C@]76C)C4=C(C(C)C)C(=O)C5)cc3[nH]2)cn1. The molecule has 5 fully saturated rings. The van der Waals surface area contributed by atoms with Crippen LogP contribution in [0.15, 0.2) is 47.7 Å². The molecule has 12 heteroatoms. The molecule has 5 saturated carbocycles. The summed E-state index contributed by atoms with van der Waals surface area (Å²) >= 11 is 0. The lowest BCUT2D eigenvalue weighted by atomic mass is 9.33. The van der Waals surface area contributed by atoms with E-state index in [0.29, 0.717) is 47.1 Å². The van der Waals surface area contributed by atoms with E-state index >= 15 is 0 Å². The Kier molecular flexibility index (Phi) is 11.0. The fourth-order valence-corrected chi connectivity index (χ4v) is 15.6. The van der Waals surface area contributed by atoms with Crippen molar-refractivity contribution in [2.75, 3.05) is 0 Å². The number of carbonyl (C=O) groups is 5. The Bertz CT molecular complexity index is 2610. The molecule has 67 heavy (non-hydrogen) atoms. The van der Waals surface area contributed by atoms with Crippen molar-refractivity contribution in [1.29, 1.82) is 0 Å². The molecule has 0 spiro atoms. The Morgan fingerprint density at radius 3 is 2.25 bits per heavy atom. The minimum Gasteiger partial charge on any atom is -0.481 e. The number of allylic oxidation sites excluding steroid dienone is 1. The second kappa shape index (κ2) is 15.6. The number of imidazole rings is 1. The number of Topliss-reactive ketones (excluding diaryl/α,β-unsaturated/α-hetero) is 1. The summed E-state index contributed by atoms with van der Waals surface area (Å²) < 4.78 is 6.44. The van der Waals surface area contributed by atoms with Crippen molar-refractivity contribution in [3.8, 4) is 11.4 Å². The zero-order valence-corrected chi connectivity index (χ0v) is 41.9. The normalized spacial score (nSPS) is 35.1. The van der Waals surface area contributed by atoms with E-state index in [2.05, 4.69) is 69.1 Å². The number of hydrogen-bond acceptors (Lipinski definition) is 8. The van der Waals surface area contributed by atoms with Crippen molar-refractivity contribution >= 4 is 40.6 Å². The number of aromatic nitrogens is 3. The fraction of sp³-hybridized carbons (Fsp3) is 0.655. The van der Waals surface area contributed by atoms with E-state index < -0.39 is 34.3 Å². The predicted molar refractivity (Wildman–Crippen MR) is 256 cm³/mol. The summed E-state index contributed by atoms with van der Waals surface area (Å²) in [5, 5.41) is 16.2. The van der Waals surface area contributed by atoms with Crippen LogP contribution in [0.5, 0.6) is 0 Å². The van der Waals surface area contributed by atoms with Crippen molar-refractivity contribution in [3.63, 3.8) is 0 Å². The van der Waals surface area contributed by atoms with Gasteiger partial charge in [0, 0.05) is 34.9 Å². The van der Waals surface area contributed by atoms with Crippen molar-refractivity contribution < 1.29 is 33.8 Å². The van der Waals surface area contributed by atoms with Crippen LogP contribution in [0, 0.1) is 69.5 Å². The maximum Gasteiger partial charge on any atom is 0.309 e. The minimum absolute atomic E-state index is 0.00498. The predicted octanol–water partition coefficient (Wildman–Crippen LogP) is 9.95. The quantitative estimate of drug-likeness (QED) is 0.152. The van der Waals surface area contributed by atoms with Gasteiger partial charge in [-0.1, -0.05) is 62.3 Å². The molecule has 4 N–H and O–H groups in total. The molecular formula is C55H73N5O7. The molecule has 10 atom stereocenters. The number of rotatable bonds is 9. The summed E-state index contributed by atoms with van der Waals surface area (Å²) in [5.74, 6) is -1.12. The van der Waals surface area contributed by atoms with Crippen molar-refractivity contribution in [3.05, 3.63) is 58.9 Å². The Balaban J connectivity index is 0.935. The first-order valence-electron chi connectivity index (χ1n) is 25.0. The highest BCUT2D eigenvalue weighted by atomic mass is 16.5. The van der Waals surface area contributed by atoms with Crippen LogP contribution in [0.4, 0.5) is 0 Å². The van der Waals surface area contributed by atoms with Gasteiger partial charge in [-0.3, -0.25) is 29.0 Å². The molecule has 0 saturated heterocycles. The van der Waals surface area contributed by atoms with Crippen LogP contribution in [0.1, 0.15) is 156 Å². The van der Waals surface area contributed by atoms with Gasteiger partial charge in [0.05, 0.1) is 28.4 Å². The molecule has 360 valence electrons. The number of amides is 2. The van der Waals surface area contributed by atoms with E-state index in [1.165, 1.54) is 0 Å². The average molecular weight is 916 g/mol. The Morgan fingerprint density at radius 1 is 0.866 bits per heavy atom. The van der Waals surface area contributed by atoms with E-state index in [9.17, 15) is 29.1 Å². The number of H-pyrrole nitrogens is 1.